The number of thioether (sulfide) groups is 2. The zero-order valence-corrected chi connectivity index (χ0v) is 17.9. The molecule has 0 saturated heterocycles. The predicted octanol–water partition coefficient (Wildman–Crippen LogP) is 5.98. The number of aromatic nitrogens is 3. The maximum Gasteiger partial charge on any atom is 0.166 e. The van der Waals surface area contributed by atoms with E-state index in [2.05, 4.69) is 45.3 Å². The summed E-state index contributed by atoms with van der Waals surface area (Å²) in [7, 11) is 1.72. The van der Waals surface area contributed by atoms with Crippen LogP contribution in [-0.4, -0.2) is 27.8 Å². The summed E-state index contributed by atoms with van der Waals surface area (Å²) < 4.78 is 5.71. The van der Waals surface area contributed by atoms with Crippen molar-refractivity contribution in [3.63, 3.8) is 0 Å². The van der Waals surface area contributed by atoms with Gasteiger partial charge < -0.3 is 9.72 Å². The summed E-state index contributed by atoms with van der Waals surface area (Å²) in [5.74, 6) is 2.63. The molecule has 2 aromatic heterocycles. The summed E-state index contributed by atoms with van der Waals surface area (Å²) in [5.41, 5.74) is 4.37. The van der Waals surface area contributed by atoms with Crippen molar-refractivity contribution < 1.29 is 4.74 Å². The number of nitrogens with one attached hydrogen (secondary N) is 1. The molecule has 0 atom stereocenters. The van der Waals surface area contributed by atoms with E-state index in [0.29, 0.717) is 5.75 Å². The number of para-hydroxylation sites is 2. The Morgan fingerprint density at radius 2 is 1.79 bits per heavy atom. The molecule has 0 fully saturated rings. The Morgan fingerprint density at radius 3 is 2.62 bits per heavy atom. The van der Waals surface area contributed by atoms with E-state index in [-0.39, 0.29) is 0 Å². The molecule has 2 heterocycles. The van der Waals surface area contributed by atoms with E-state index in [0.717, 1.165) is 51.1 Å². The molecule has 29 heavy (non-hydrogen) atoms. The van der Waals surface area contributed by atoms with Gasteiger partial charge in [0.15, 0.2) is 10.9 Å². The van der Waals surface area contributed by atoms with Crippen molar-refractivity contribution in [3.05, 3.63) is 78.1 Å². The monoisotopic (exact) mass is 421 g/mol. The van der Waals surface area contributed by atoms with Crippen molar-refractivity contribution in [2.24, 2.45) is 0 Å². The molecule has 0 aliphatic heterocycles. The third-order valence-corrected chi connectivity index (χ3v) is 6.58. The number of aromatic amines is 1. The number of benzene rings is 2. The van der Waals surface area contributed by atoms with E-state index >= 15 is 0 Å². The number of ether oxygens (including phenoxy) is 1. The molecule has 2 aromatic carbocycles. The lowest BCUT2D eigenvalue weighted by atomic mass is 10.1. The van der Waals surface area contributed by atoms with Crippen molar-refractivity contribution in [1.82, 2.24) is 15.0 Å². The number of rotatable bonds is 9. The molecule has 0 amide bonds. The SMILES string of the molecule is COc1c(SCCCc2ccccc2)ccnc1CSc1nc2ccccc2[nH]1. The highest BCUT2D eigenvalue weighted by atomic mass is 32.2. The number of hydrogen-bond donors (Lipinski definition) is 1. The van der Waals surface area contributed by atoms with Gasteiger partial charge in [-0.1, -0.05) is 54.2 Å². The molecule has 4 aromatic rings. The standard InChI is InChI=1S/C23H23N3OS2/c1-27-22-20(16-29-23-25-18-11-5-6-12-19(18)26-23)24-14-13-21(22)28-15-7-10-17-8-3-2-4-9-17/h2-6,8-9,11-14H,7,10,15-16H2,1H3,(H,25,26). The van der Waals surface area contributed by atoms with Crippen LogP contribution in [-0.2, 0) is 12.2 Å². The molecule has 0 unspecified atom stereocenters. The molecular formula is C23H23N3OS2. The number of fused-ring (bicyclic) bond motifs is 1. The summed E-state index contributed by atoms with van der Waals surface area (Å²) in [6.45, 7) is 0. The topological polar surface area (TPSA) is 50.8 Å². The van der Waals surface area contributed by atoms with Crippen LogP contribution in [0.3, 0.4) is 0 Å². The van der Waals surface area contributed by atoms with Gasteiger partial charge in [-0.3, -0.25) is 4.98 Å². The second-order valence-electron chi connectivity index (χ2n) is 6.57. The molecular weight excluding hydrogens is 398 g/mol. The van der Waals surface area contributed by atoms with Gasteiger partial charge in [0.05, 0.1) is 28.7 Å². The molecule has 0 aliphatic rings. The second-order valence-corrected chi connectivity index (χ2v) is 8.68. The Balaban J connectivity index is 1.37. The van der Waals surface area contributed by atoms with Gasteiger partial charge >= 0.3 is 0 Å². The Morgan fingerprint density at radius 1 is 0.966 bits per heavy atom. The van der Waals surface area contributed by atoms with Crippen LogP contribution in [0.5, 0.6) is 5.75 Å². The fraction of sp³-hybridized carbons (Fsp3) is 0.217. The minimum absolute atomic E-state index is 0.710. The Labute approximate surface area is 179 Å². The first-order chi connectivity index (χ1) is 14.3. The highest BCUT2D eigenvalue weighted by Gasteiger charge is 2.13. The van der Waals surface area contributed by atoms with E-state index < -0.39 is 0 Å². The normalized spacial score (nSPS) is 11.1. The van der Waals surface area contributed by atoms with Crippen molar-refractivity contribution in [2.75, 3.05) is 12.9 Å². The molecule has 6 heteroatoms. The zero-order valence-electron chi connectivity index (χ0n) is 16.3. The van der Waals surface area contributed by atoms with E-state index in [9.17, 15) is 0 Å². The van der Waals surface area contributed by atoms with Gasteiger partial charge in [-0.15, -0.1) is 11.8 Å². The number of H-pyrrole nitrogens is 1. The third kappa shape index (κ3) is 5.14. The van der Waals surface area contributed by atoms with Gasteiger partial charge in [0, 0.05) is 11.9 Å². The zero-order chi connectivity index (χ0) is 19.9. The van der Waals surface area contributed by atoms with E-state index in [4.69, 9.17) is 4.74 Å². The number of imidazole rings is 1. The molecule has 148 valence electrons. The quantitative estimate of drug-likeness (QED) is 0.266. The van der Waals surface area contributed by atoms with Crippen molar-refractivity contribution >= 4 is 34.6 Å². The maximum absolute atomic E-state index is 5.71. The second kappa shape index (κ2) is 9.85. The third-order valence-electron chi connectivity index (χ3n) is 4.57. The van der Waals surface area contributed by atoms with Crippen LogP contribution in [0.4, 0.5) is 0 Å². The first kappa shape index (κ1) is 19.9. The molecule has 0 bridgehead atoms. The predicted molar refractivity (Wildman–Crippen MR) is 122 cm³/mol. The van der Waals surface area contributed by atoms with Crippen LogP contribution >= 0.6 is 23.5 Å². The van der Waals surface area contributed by atoms with Gasteiger partial charge in [0.2, 0.25) is 0 Å². The summed E-state index contributed by atoms with van der Waals surface area (Å²) in [6.07, 6.45) is 4.09. The maximum atomic E-state index is 5.71. The molecule has 0 radical (unpaired) electrons. The van der Waals surface area contributed by atoms with Crippen LogP contribution in [0.2, 0.25) is 0 Å². The van der Waals surface area contributed by atoms with Crippen LogP contribution in [0.1, 0.15) is 17.7 Å². The Hall–Kier alpha value is -2.44. The van der Waals surface area contributed by atoms with Crippen molar-refractivity contribution in [3.8, 4) is 5.75 Å². The fourth-order valence-electron chi connectivity index (χ4n) is 3.14. The van der Waals surface area contributed by atoms with Gasteiger partial charge in [0.25, 0.3) is 0 Å². The lowest BCUT2D eigenvalue weighted by Gasteiger charge is -2.12. The highest BCUT2D eigenvalue weighted by molar-refractivity contribution is 7.99. The molecule has 1 N–H and O–H groups in total. The minimum Gasteiger partial charge on any atom is -0.494 e. The first-order valence-electron chi connectivity index (χ1n) is 9.59. The number of aryl methyl sites for hydroxylation is 1. The Bertz CT molecular complexity index is 1030. The molecule has 4 nitrogen and oxygen atoms in total. The van der Waals surface area contributed by atoms with Crippen molar-refractivity contribution in [1.29, 1.82) is 0 Å². The average Bonchev–Trinajstić information content (AvgIpc) is 3.19. The minimum atomic E-state index is 0.710. The molecule has 0 spiro atoms. The van der Waals surface area contributed by atoms with Crippen LogP contribution in [0.15, 0.2) is 76.9 Å². The van der Waals surface area contributed by atoms with Gasteiger partial charge in [0.1, 0.15) is 0 Å². The lowest BCUT2D eigenvalue weighted by molar-refractivity contribution is 0.398. The Kier molecular flexibility index (Phi) is 6.75. The van der Waals surface area contributed by atoms with Crippen LogP contribution in [0, 0.1) is 0 Å². The smallest absolute Gasteiger partial charge is 0.166 e. The van der Waals surface area contributed by atoms with E-state index in [1.54, 1.807) is 18.9 Å². The summed E-state index contributed by atoms with van der Waals surface area (Å²) in [4.78, 5) is 13.7. The van der Waals surface area contributed by atoms with Gasteiger partial charge in [-0.05, 0) is 42.4 Å². The first-order valence-corrected chi connectivity index (χ1v) is 11.6. The average molecular weight is 422 g/mol. The number of nitrogens with zero attached hydrogens (tertiary/aromatic N) is 2. The van der Waals surface area contributed by atoms with E-state index in [1.165, 1.54) is 5.56 Å². The summed E-state index contributed by atoms with van der Waals surface area (Å²) in [6, 6.07) is 20.7. The van der Waals surface area contributed by atoms with Crippen LogP contribution in [0.25, 0.3) is 11.0 Å². The number of hydrogen-bond acceptors (Lipinski definition) is 5. The van der Waals surface area contributed by atoms with Gasteiger partial charge in [-0.2, -0.15) is 0 Å². The molecule has 0 saturated carbocycles. The highest BCUT2D eigenvalue weighted by Crippen LogP contribution is 2.34. The summed E-state index contributed by atoms with van der Waals surface area (Å²) >= 11 is 3.48. The largest absolute Gasteiger partial charge is 0.494 e. The number of pyridine rings is 1. The lowest BCUT2D eigenvalue weighted by Crippen LogP contribution is -1.97. The fourth-order valence-corrected chi connectivity index (χ4v) is 4.97. The van der Waals surface area contributed by atoms with Crippen LogP contribution < -0.4 is 4.74 Å². The van der Waals surface area contributed by atoms with E-state index in [1.807, 2.05) is 48.3 Å². The molecule has 4 rings (SSSR count). The summed E-state index contributed by atoms with van der Waals surface area (Å²) in [5, 5.41) is 0.899. The number of methoxy groups -OCH3 is 1. The van der Waals surface area contributed by atoms with Gasteiger partial charge in [-0.25, -0.2) is 4.98 Å². The van der Waals surface area contributed by atoms with Crippen molar-refractivity contribution in [2.45, 2.75) is 28.6 Å². The molecule has 0 aliphatic carbocycles.